The summed E-state index contributed by atoms with van der Waals surface area (Å²) >= 11 is 2.23. The first-order valence-corrected chi connectivity index (χ1v) is 10.7. The molecule has 30 heavy (non-hydrogen) atoms. The molecule has 0 bridgehead atoms. The van der Waals surface area contributed by atoms with Crippen LogP contribution in [0.15, 0.2) is 78.9 Å². The van der Waals surface area contributed by atoms with E-state index in [0.717, 1.165) is 30.7 Å². The molecular weight excluding hydrogens is 489 g/mol. The Labute approximate surface area is 188 Å². The molecule has 150 valence electrons. The van der Waals surface area contributed by atoms with Crippen LogP contribution in [0.2, 0.25) is 0 Å². The number of ether oxygens (including phenoxy) is 1. The Balaban J connectivity index is 1.76. The molecule has 0 heterocycles. The fourth-order valence-electron chi connectivity index (χ4n) is 3.71. The highest BCUT2D eigenvalue weighted by molar-refractivity contribution is 14.1. The smallest absolute Gasteiger partial charge is 0.328 e. The molecule has 4 aromatic carbocycles. The van der Waals surface area contributed by atoms with Crippen LogP contribution in [-0.4, -0.2) is 25.0 Å². The first kappa shape index (κ1) is 20.3. The van der Waals surface area contributed by atoms with Gasteiger partial charge in [-0.15, -0.1) is 0 Å². The first-order valence-electron chi connectivity index (χ1n) is 9.61. The summed E-state index contributed by atoms with van der Waals surface area (Å²) in [7, 11) is 1.34. The number of hydrogen-bond acceptors (Lipinski definition) is 3. The van der Waals surface area contributed by atoms with Gasteiger partial charge in [0.25, 0.3) is 5.91 Å². The van der Waals surface area contributed by atoms with Crippen LogP contribution in [0.5, 0.6) is 0 Å². The Bertz CT molecular complexity index is 1200. The number of methoxy groups -OCH3 is 1. The Kier molecular flexibility index (Phi) is 5.99. The van der Waals surface area contributed by atoms with E-state index in [2.05, 4.69) is 34.0 Å². The molecule has 0 aliphatic heterocycles. The summed E-state index contributed by atoms with van der Waals surface area (Å²) in [5.74, 6) is -0.753. The zero-order valence-electron chi connectivity index (χ0n) is 16.4. The summed E-state index contributed by atoms with van der Waals surface area (Å²) < 4.78 is 6.02. The quantitative estimate of drug-likeness (QED) is 0.231. The standard InChI is InChI=1S/C25H20INO3/c1-30-25(29)22(15-18-10-4-7-13-21(18)26)27-24(28)23-19-11-5-2-8-16(19)14-17-9-3-6-12-20(17)23/h2-14,22H,15H2,1H3,(H,27,28)/t22-/m0/s1. The number of rotatable bonds is 5. The minimum Gasteiger partial charge on any atom is -0.467 e. The van der Waals surface area contributed by atoms with Gasteiger partial charge in [-0.2, -0.15) is 0 Å². The normalized spacial score (nSPS) is 11.9. The van der Waals surface area contributed by atoms with Gasteiger partial charge in [-0.3, -0.25) is 4.79 Å². The summed E-state index contributed by atoms with van der Waals surface area (Å²) in [6, 6.07) is 24.7. The highest BCUT2D eigenvalue weighted by Crippen LogP contribution is 2.28. The maximum atomic E-state index is 13.5. The Morgan fingerprint density at radius 3 is 2.07 bits per heavy atom. The van der Waals surface area contributed by atoms with E-state index in [1.54, 1.807) is 0 Å². The zero-order valence-corrected chi connectivity index (χ0v) is 18.6. The van der Waals surface area contributed by atoms with Crippen molar-refractivity contribution in [3.8, 4) is 0 Å². The molecule has 0 fully saturated rings. The van der Waals surface area contributed by atoms with E-state index in [1.807, 2.05) is 72.8 Å². The average molecular weight is 509 g/mol. The largest absolute Gasteiger partial charge is 0.467 e. The summed E-state index contributed by atoms with van der Waals surface area (Å²) in [4.78, 5) is 25.9. The number of carbonyl (C=O) groups is 2. The Morgan fingerprint density at radius 2 is 1.47 bits per heavy atom. The molecule has 4 aromatic rings. The number of carbonyl (C=O) groups excluding carboxylic acids is 2. The zero-order chi connectivity index (χ0) is 21.1. The lowest BCUT2D eigenvalue weighted by molar-refractivity contribution is -0.142. The van der Waals surface area contributed by atoms with Crippen LogP contribution in [-0.2, 0) is 16.0 Å². The molecule has 0 saturated heterocycles. The van der Waals surface area contributed by atoms with Crippen LogP contribution in [0.1, 0.15) is 15.9 Å². The summed E-state index contributed by atoms with van der Waals surface area (Å²) in [6.45, 7) is 0. The van der Waals surface area contributed by atoms with E-state index in [4.69, 9.17) is 4.74 Å². The highest BCUT2D eigenvalue weighted by atomic mass is 127. The van der Waals surface area contributed by atoms with Gasteiger partial charge in [0.15, 0.2) is 0 Å². The van der Waals surface area contributed by atoms with Crippen molar-refractivity contribution in [1.82, 2.24) is 5.32 Å². The van der Waals surface area contributed by atoms with Crippen LogP contribution in [0, 0.1) is 3.57 Å². The van der Waals surface area contributed by atoms with Crippen LogP contribution >= 0.6 is 22.6 Å². The average Bonchev–Trinajstić information content (AvgIpc) is 2.77. The van der Waals surface area contributed by atoms with Crippen molar-refractivity contribution in [1.29, 1.82) is 0 Å². The molecule has 0 spiro atoms. The van der Waals surface area contributed by atoms with Gasteiger partial charge < -0.3 is 10.1 Å². The molecule has 0 unspecified atom stereocenters. The maximum absolute atomic E-state index is 13.5. The molecule has 0 aromatic heterocycles. The second kappa shape index (κ2) is 8.83. The lowest BCUT2D eigenvalue weighted by atomic mass is 9.96. The minimum absolute atomic E-state index is 0.288. The number of halogens is 1. The molecule has 1 N–H and O–H groups in total. The van der Waals surface area contributed by atoms with Crippen molar-refractivity contribution < 1.29 is 14.3 Å². The number of hydrogen-bond donors (Lipinski definition) is 1. The lowest BCUT2D eigenvalue weighted by Crippen LogP contribution is -2.43. The second-order valence-electron chi connectivity index (χ2n) is 7.04. The van der Waals surface area contributed by atoms with Crippen molar-refractivity contribution in [3.05, 3.63) is 93.6 Å². The molecule has 5 heteroatoms. The molecular formula is C25H20INO3. The SMILES string of the molecule is COC(=O)[C@H](Cc1ccccc1I)NC(=O)c1c2ccccc2cc2ccccc12. The van der Waals surface area contributed by atoms with Gasteiger partial charge in [0.1, 0.15) is 6.04 Å². The van der Waals surface area contributed by atoms with Gasteiger partial charge in [0, 0.05) is 9.99 Å². The second-order valence-corrected chi connectivity index (χ2v) is 8.20. The number of fused-ring (bicyclic) bond motifs is 2. The van der Waals surface area contributed by atoms with E-state index in [0.29, 0.717) is 12.0 Å². The summed E-state index contributed by atoms with van der Waals surface area (Å²) in [6.07, 6.45) is 0.361. The van der Waals surface area contributed by atoms with Crippen LogP contribution in [0.3, 0.4) is 0 Å². The number of nitrogens with one attached hydrogen (secondary N) is 1. The van der Waals surface area contributed by atoms with Gasteiger partial charge in [-0.25, -0.2) is 4.79 Å². The fourth-order valence-corrected chi connectivity index (χ4v) is 4.32. The molecule has 4 nitrogen and oxygen atoms in total. The minimum atomic E-state index is -0.781. The summed E-state index contributed by atoms with van der Waals surface area (Å²) in [5.41, 5.74) is 1.55. The highest BCUT2D eigenvalue weighted by Gasteiger charge is 2.25. The Morgan fingerprint density at radius 1 is 0.900 bits per heavy atom. The van der Waals surface area contributed by atoms with Gasteiger partial charge in [0.05, 0.1) is 12.7 Å². The van der Waals surface area contributed by atoms with Crippen molar-refractivity contribution in [2.75, 3.05) is 7.11 Å². The van der Waals surface area contributed by atoms with Crippen LogP contribution in [0.25, 0.3) is 21.5 Å². The molecule has 0 saturated carbocycles. The van der Waals surface area contributed by atoms with E-state index in [-0.39, 0.29) is 5.91 Å². The van der Waals surface area contributed by atoms with Crippen molar-refractivity contribution in [2.24, 2.45) is 0 Å². The third-order valence-electron chi connectivity index (χ3n) is 5.17. The van der Waals surface area contributed by atoms with E-state index in [1.165, 1.54) is 7.11 Å². The molecule has 1 amide bonds. The number of benzene rings is 4. The Hall–Kier alpha value is -2.93. The molecule has 0 aliphatic rings. The predicted molar refractivity (Wildman–Crippen MR) is 128 cm³/mol. The van der Waals surface area contributed by atoms with Crippen molar-refractivity contribution in [2.45, 2.75) is 12.5 Å². The van der Waals surface area contributed by atoms with Crippen LogP contribution in [0.4, 0.5) is 0 Å². The topological polar surface area (TPSA) is 55.4 Å². The number of esters is 1. The third kappa shape index (κ3) is 4.03. The molecule has 4 rings (SSSR count). The van der Waals surface area contributed by atoms with E-state index in [9.17, 15) is 9.59 Å². The fraction of sp³-hybridized carbons (Fsp3) is 0.120. The van der Waals surface area contributed by atoms with Gasteiger partial charge in [-0.1, -0.05) is 66.7 Å². The molecule has 1 atom stereocenters. The number of amides is 1. The van der Waals surface area contributed by atoms with Crippen molar-refractivity contribution >= 4 is 56.0 Å². The first-order chi connectivity index (χ1) is 14.6. The van der Waals surface area contributed by atoms with Gasteiger partial charge >= 0.3 is 5.97 Å². The third-order valence-corrected chi connectivity index (χ3v) is 6.22. The lowest BCUT2D eigenvalue weighted by Gasteiger charge is -2.19. The molecule has 0 radical (unpaired) electrons. The summed E-state index contributed by atoms with van der Waals surface area (Å²) in [5, 5.41) is 6.59. The maximum Gasteiger partial charge on any atom is 0.328 e. The monoisotopic (exact) mass is 509 g/mol. The van der Waals surface area contributed by atoms with Gasteiger partial charge in [0.2, 0.25) is 0 Å². The van der Waals surface area contributed by atoms with Crippen LogP contribution < -0.4 is 5.32 Å². The van der Waals surface area contributed by atoms with Gasteiger partial charge in [-0.05, 0) is 61.8 Å². The van der Waals surface area contributed by atoms with E-state index < -0.39 is 12.0 Å². The van der Waals surface area contributed by atoms with Crippen molar-refractivity contribution in [3.63, 3.8) is 0 Å². The molecule has 0 aliphatic carbocycles. The predicted octanol–water partition coefficient (Wildman–Crippen LogP) is 5.11. The van der Waals surface area contributed by atoms with E-state index >= 15 is 0 Å².